The number of nitrogens with zero attached hydrogens (tertiary/aromatic N) is 2. The van der Waals surface area contributed by atoms with Gasteiger partial charge < -0.3 is 20.7 Å². The summed E-state index contributed by atoms with van der Waals surface area (Å²) in [5.74, 6) is -0.781. The highest BCUT2D eigenvalue weighted by molar-refractivity contribution is 7.89. The molecule has 1 aliphatic heterocycles. The highest BCUT2D eigenvalue weighted by Crippen LogP contribution is 2.32. The van der Waals surface area contributed by atoms with Gasteiger partial charge in [0.2, 0.25) is 10.0 Å². The first-order valence-corrected chi connectivity index (χ1v) is 13.8. The number of aromatic amines is 1. The number of carbonyl (C=O) groups is 1. The van der Waals surface area contributed by atoms with E-state index in [1.54, 1.807) is 18.2 Å². The van der Waals surface area contributed by atoms with E-state index in [0.29, 0.717) is 12.1 Å². The Kier molecular flexibility index (Phi) is 8.58. The third-order valence-corrected chi connectivity index (χ3v) is 7.99. The highest BCUT2D eigenvalue weighted by atomic mass is 35.5. The molecule has 2 heterocycles. The molecule has 0 unspecified atom stereocenters. The zero-order chi connectivity index (χ0) is 27.4. The maximum Gasteiger partial charge on any atom is 0.322 e. The van der Waals surface area contributed by atoms with Crippen molar-refractivity contribution in [2.24, 2.45) is 4.99 Å². The number of benzene rings is 2. The number of nitrogens with one attached hydrogen (secondary N) is 4. The molecule has 0 radical (unpaired) electrons. The predicted octanol–water partition coefficient (Wildman–Crippen LogP) is 2.42. The first-order chi connectivity index (χ1) is 18.0. The molecular formula is C23H21Cl3N6O5S. The number of rotatable bonds is 9. The molecule has 5 N–H and O–H groups in total. The summed E-state index contributed by atoms with van der Waals surface area (Å²) in [6.07, 6.45) is 3.26. The zero-order valence-corrected chi connectivity index (χ0v) is 22.5. The van der Waals surface area contributed by atoms with Gasteiger partial charge in [-0.3, -0.25) is 14.6 Å². The Morgan fingerprint density at radius 2 is 1.92 bits per heavy atom. The monoisotopic (exact) mass is 598 g/mol. The van der Waals surface area contributed by atoms with Crippen molar-refractivity contribution in [2.45, 2.75) is 17.4 Å². The molecule has 200 valence electrons. The van der Waals surface area contributed by atoms with Crippen LogP contribution in [0.25, 0.3) is 17.0 Å². The molecule has 0 spiro atoms. The van der Waals surface area contributed by atoms with Gasteiger partial charge in [0.1, 0.15) is 16.8 Å². The molecule has 0 bridgehead atoms. The Balaban J connectivity index is 1.52. The lowest BCUT2D eigenvalue weighted by molar-refractivity contribution is -0.139. The van der Waals surface area contributed by atoms with Crippen molar-refractivity contribution in [3.05, 3.63) is 73.2 Å². The number of halogens is 3. The number of H-pyrrole nitrogens is 1. The molecule has 15 heteroatoms. The fourth-order valence-corrected chi connectivity index (χ4v) is 6.41. The number of hydrogen-bond acceptors (Lipinski definition) is 8. The van der Waals surface area contributed by atoms with E-state index in [-0.39, 0.29) is 26.3 Å². The minimum atomic E-state index is -4.47. The van der Waals surface area contributed by atoms with E-state index < -0.39 is 38.9 Å². The largest absolute Gasteiger partial charge is 0.480 e. The number of hydrogen-bond donors (Lipinski definition) is 5. The molecular weight excluding hydrogens is 579 g/mol. The minimum Gasteiger partial charge on any atom is -0.480 e. The fraction of sp³-hybridized carbons (Fsp3) is 0.217. The number of aliphatic imine (C=N–C) groups is 1. The van der Waals surface area contributed by atoms with E-state index in [4.69, 9.17) is 34.8 Å². The normalized spacial score (nSPS) is 14.4. The van der Waals surface area contributed by atoms with Gasteiger partial charge in [-0.2, -0.15) is 4.72 Å². The SMILES string of the molecule is O=C(O)[C@H](Cc1nc2ccc(/C=C/CNC3=NCCN3)cc2c(=O)[nH]1)NS(=O)(=O)c1c(Cl)cc(Cl)cc1Cl. The highest BCUT2D eigenvalue weighted by Gasteiger charge is 2.30. The Bertz CT molecular complexity index is 1600. The van der Waals surface area contributed by atoms with Gasteiger partial charge in [0.05, 0.1) is 27.5 Å². The standard InChI is InChI=1S/C23H21Cl3N6O5S/c24-13-9-15(25)20(16(26)10-13)38(36,37)32-18(22(34)35)11-19-30-17-4-3-12(8-14(17)21(33)31-19)2-1-5-27-23-28-6-7-29-23/h1-4,8-10,18,32H,5-7,11H2,(H,34,35)(H2,27,28,29)(H,30,31,33)/b2-1+/t18-/m0/s1. The molecule has 0 amide bonds. The number of aromatic nitrogens is 2. The molecule has 2 aromatic carbocycles. The van der Waals surface area contributed by atoms with Crippen molar-refractivity contribution >= 4 is 73.7 Å². The van der Waals surface area contributed by atoms with Crippen LogP contribution in [0.2, 0.25) is 15.1 Å². The Labute approximate surface area is 232 Å². The zero-order valence-electron chi connectivity index (χ0n) is 19.5. The van der Waals surface area contributed by atoms with Gasteiger partial charge in [-0.05, 0) is 29.8 Å². The number of guanidine groups is 1. The molecule has 0 saturated carbocycles. The first kappa shape index (κ1) is 27.9. The van der Waals surface area contributed by atoms with Crippen LogP contribution in [0.3, 0.4) is 0 Å². The Morgan fingerprint density at radius 1 is 1.18 bits per heavy atom. The van der Waals surface area contributed by atoms with E-state index in [1.807, 2.05) is 12.2 Å². The molecule has 11 nitrogen and oxygen atoms in total. The summed E-state index contributed by atoms with van der Waals surface area (Å²) in [6, 6.07) is 5.68. The van der Waals surface area contributed by atoms with Crippen LogP contribution in [-0.4, -0.2) is 61.1 Å². The summed E-state index contributed by atoms with van der Waals surface area (Å²) in [5, 5.41) is 15.7. The molecule has 0 fully saturated rings. The number of aliphatic carboxylic acids is 1. The summed E-state index contributed by atoms with van der Waals surface area (Å²) in [7, 11) is -4.47. The van der Waals surface area contributed by atoms with E-state index in [1.165, 1.54) is 12.1 Å². The van der Waals surface area contributed by atoms with Gasteiger partial charge in [-0.1, -0.05) is 53.0 Å². The van der Waals surface area contributed by atoms with Crippen LogP contribution in [0.15, 0.2) is 51.1 Å². The average molecular weight is 600 g/mol. The van der Waals surface area contributed by atoms with Crippen molar-refractivity contribution in [3.63, 3.8) is 0 Å². The molecule has 0 saturated heterocycles. The molecule has 1 atom stereocenters. The Morgan fingerprint density at radius 3 is 2.58 bits per heavy atom. The van der Waals surface area contributed by atoms with Crippen molar-refractivity contribution < 1.29 is 18.3 Å². The third kappa shape index (κ3) is 6.63. The van der Waals surface area contributed by atoms with Crippen LogP contribution in [0, 0.1) is 0 Å². The van der Waals surface area contributed by atoms with Crippen molar-refractivity contribution in [1.82, 2.24) is 25.3 Å². The number of fused-ring (bicyclic) bond motifs is 1. The van der Waals surface area contributed by atoms with Crippen LogP contribution in [0.1, 0.15) is 11.4 Å². The van der Waals surface area contributed by atoms with Crippen molar-refractivity contribution in [2.75, 3.05) is 19.6 Å². The van der Waals surface area contributed by atoms with Gasteiger partial charge in [0.25, 0.3) is 5.56 Å². The summed E-state index contributed by atoms with van der Waals surface area (Å²) in [4.78, 5) is 35.2. The van der Waals surface area contributed by atoms with Crippen LogP contribution in [0.4, 0.5) is 0 Å². The maximum absolute atomic E-state index is 12.9. The van der Waals surface area contributed by atoms with Gasteiger partial charge in [-0.25, -0.2) is 13.4 Å². The van der Waals surface area contributed by atoms with Gasteiger partial charge in [-0.15, -0.1) is 0 Å². The van der Waals surface area contributed by atoms with Gasteiger partial charge in [0.15, 0.2) is 5.96 Å². The molecule has 1 aromatic heterocycles. The second-order valence-electron chi connectivity index (χ2n) is 8.14. The number of carboxylic acid groups (broad SMARTS) is 1. The lowest BCUT2D eigenvalue weighted by Gasteiger charge is -2.16. The molecule has 38 heavy (non-hydrogen) atoms. The van der Waals surface area contributed by atoms with E-state index >= 15 is 0 Å². The summed E-state index contributed by atoms with van der Waals surface area (Å²) < 4.78 is 27.8. The van der Waals surface area contributed by atoms with E-state index in [9.17, 15) is 23.1 Å². The average Bonchev–Trinajstić information content (AvgIpc) is 3.34. The lowest BCUT2D eigenvalue weighted by atomic mass is 10.1. The second kappa shape index (κ2) is 11.7. The number of carboxylic acids is 1. The first-order valence-electron chi connectivity index (χ1n) is 11.1. The van der Waals surface area contributed by atoms with E-state index in [2.05, 4.69) is 30.3 Å². The number of sulfonamides is 1. The maximum atomic E-state index is 12.9. The molecule has 3 aromatic rings. The van der Waals surface area contributed by atoms with Crippen LogP contribution >= 0.6 is 34.8 Å². The minimum absolute atomic E-state index is 0.0248. The molecule has 0 aliphatic carbocycles. The molecule has 4 rings (SSSR count). The van der Waals surface area contributed by atoms with Crippen molar-refractivity contribution in [1.29, 1.82) is 0 Å². The predicted molar refractivity (Wildman–Crippen MR) is 147 cm³/mol. The van der Waals surface area contributed by atoms with Gasteiger partial charge in [0, 0.05) is 24.5 Å². The fourth-order valence-electron chi connectivity index (χ4n) is 3.68. The van der Waals surface area contributed by atoms with Crippen LogP contribution in [-0.2, 0) is 21.2 Å². The lowest BCUT2D eigenvalue weighted by Crippen LogP contribution is -2.43. The third-order valence-electron chi connectivity index (χ3n) is 5.38. The van der Waals surface area contributed by atoms with Gasteiger partial charge >= 0.3 is 5.97 Å². The second-order valence-corrected chi connectivity index (χ2v) is 11.0. The van der Waals surface area contributed by atoms with E-state index in [0.717, 1.165) is 24.6 Å². The summed E-state index contributed by atoms with van der Waals surface area (Å²) >= 11 is 17.8. The van der Waals surface area contributed by atoms with Crippen LogP contribution in [0.5, 0.6) is 0 Å². The summed E-state index contributed by atoms with van der Waals surface area (Å²) in [6.45, 7) is 2.08. The van der Waals surface area contributed by atoms with Crippen LogP contribution < -0.4 is 20.9 Å². The Hall–Kier alpha value is -3.16. The van der Waals surface area contributed by atoms with Crippen molar-refractivity contribution in [3.8, 4) is 0 Å². The topological polar surface area (TPSA) is 166 Å². The molecule has 1 aliphatic rings. The summed E-state index contributed by atoms with van der Waals surface area (Å²) in [5.41, 5.74) is 0.576. The quantitative estimate of drug-likeness (QED) is 0.250. The smallest absolute Gasteiger partial charge is 0.322 e.